The van der Waals surface area contributed by atoms with Gasteiger partial charge in [-0.1, -0.05) is 12.1 Å². The second kappa shape index (κ2) is 11.5. The highest BCUT2D eigenvalue weighted by molar-refractivity contribution is 5.88. The first-order chi connectivity index (χ1) is 17.5. The van der Waals surface area contributed by atoms with E-state index >= 15 is 0 Å². The molecule has 0 bridgehead atoms. The van der Waals surface area contributed by atoms with Crippen LogP contribution < -0.4 is 0 Å². The molecule has 1 aliphatic rings. The summed E-state index contributed by atoms with van der Waals surface area (Å²) >= 11 is 0. The van der Waals surface area contributed by atoms with Crippen molar-refractivity contribution in [1.82, 2.24) is 0 Å². The van der Waals surface area contributed by atoms with Crippen molar-refractivity contribution in [2.45, 2.75) is 30.8 Å². The van der Waals surface area contributed by atoms with E-state index in [-0.39, 0.29) is 11.5 Å². The minimum Gasteiger partial charge on any atom is -0.504 e. The molecule has 1 unspecified atom stereocenters. The van der Waals surface area contributed by atoms with E-state index in [1.54, 1.807) is 0 Å². The van der Waals surface area contributed by atoms with E-state index in [1.807, 2.05) is 0 Å². The van der Waals surface area contributed by atoms with Gasteiger partial charge in [0.2, 0.25) is 0 Å². The molecule has 1 fully saturated rings. The van der Waals surface area contributed by atoms with Crippen LogP contribution in [0.4, 0.5) is 0 Å². The van der Waals surface area contributed by atoms with Gasteiger partial charge in [0, 0.05) is 12.2 Å². The number of hydrogen-bond donors (Lipinski definition) is 7. The number of aliphatic carboxylic acids is 1. The fourth-order valence-electron chi connectivity index (χ4n) is 3.67. The molecule has 7 N–H and O–H groups in total. The second-order valence-electron chi connectivity index (χ2n) is 8.20. The van der Waals surface area contributed by atoms with Crippen LogP contribution in [0, 0.1) is 5.92 Å². The van der Waals surface area contributed by atoms with Gasteiger partial charge in [-0.3, -0.25) is 4.79 Å². The number of aliphatic hydroxyl groups is 2. The van der Waals surface area contributed by atoms with E-state index in [1.165, 1.54) is 36.4 Å². The molecule has 0 aromatic heterocycles. The summed E-state index contributed by atoms with van der Waals surface area (Å²) in [6.45, 7) is 0. The number of ether oxygens (including phenoxy) is 2. The number of carbonyl (C=O) groups excluding carboxylic acids is 2. The van der Waals surface area contributed by atoms with Crippen LogP contribution in [-0.2, 0) is 23.9 Å². The van der Waals surface area contributed by atoms with Gasteiger partial charge in [0.05, 0.1) is 12.0 Å². The fourth-order valence-corrected chi connectivity index (χ4v) is 3.67. The molecule has 12 heteroatoms. The van der Waals surface area contributed by atoms with Gasteiger partial charge in [-0.15, -0.1) is 0 Å². The molecule has 0 spiro atoms. The maximum Gasteiger partial charge on any atom is 0.331 e. The molecular formula is C25H24O12. The van der Waals surface area contributed by atoms with Crippen molar-refractivity contribution in [3.05, 3.63) is 59.7 Å². The standard InChI is InChI=1S/C25H24O12/c26-15-5-1-12(9-17(15)28)3-7-20(31)36-23-14(25(34)35)11-19(30)22(33)24(23)37-21(32)8-4-13-2-6-16(27)18(29)10-13/h1-10,14,19,22-24,26-30,33H,11H2,(H,34,35)/b7-3+,8-4+/t14?,19-,22+,23-,24+/m1/s1. The van der Waals surface area contributed by atoms with Gasteiger partial charge in [-0.25, -0.2) is 9.59 Å². The van der Waals surface area contributed by atoms with Gasteiger partial charge in [-0.2, -0.15) is 0 Å². The Labute approximate surface area is 209 Å². The third-order valence-corrected chi connectivity index (χ3v) is 5.59. The molecular weight excluding hydrogens is 492 g/mol. The smallest absolute Gasteiger partial charge is 0.331 e. The molecule has 0 heterocycles. The molecule has 2 aromatic carbocycles. The largest absolute Gasteiger partial charge is 0.504 e. The van der Waals surface area contributed by atoms with Gasteiger partial charge in [0.1, 0.15) is 6.10 Å². The Bertz CT molecular complexity index is 1230. The van der Waals surface area contributed by atoms with Crippen LogP contribution in [0.15, 0.2) is 48.6 Å². The lowest BCUT2D eigenvalue weighted by Crippen LogP contribution is -2.58. The number of carboxylic acids is 1. The van der Waals surface area contributed by atoms with Crippen LogP contribution >= 0.6 is 0 Å². The van der Waals surface area contributed by atoms with E-state index in [4.69, 9.17) is 9.47 Å². The van der Waals surface area contributed by atoms with E-state index in [9.17, 15) is 50.1 Å². The summed E-state index contributed by atoms with van der Waals surface area (Å²) in [5.74, 6) is -6.76. The summed E-state index contributed by atoms with van der Waals surface area (Å²) in [4.78, 5) is 36.6. The number of aliphatic hydroxyl groups excluding tert-OH is 2. The molecule has 196 valence electrons. The minimum atomic E-state index is -1.78. The summed E-state index contributed by atoms with van der Waals surface area (Å²) in [6, 6.07) is 7.44. The minimum absolute atomic E-state index is 0.299. The Morgan fingerprint density at radius 1 is 0.730 bits per heavy atom. The summed E-state index contributed by atoms with van der Waals surface area (Å²) in [7, 11) is 0. The van der Waals surface area contributed by atoms with Crippen molar-refractivity contribution < 1.29 is 59.6 Å². The molecule has 5 atom stereocenters. The van der Waals surface area contributed by atoms with Crippen LogP contribution in [0.1, 0.15) is 17.5 Å². The molecule has 12 nitrogen and oxygen atoms in total. The molecule has 0 radical (unpaired) electrons. The maximum absolute atomic E-state index is 12.4. The molecule has 0 saturated heterocycles. The molecule has 1 saturated carbocycles. The van der Waals surface area contributed by atoms with Crippen molar-refractivity contribution in [2.75, 3.05) is 0 Å². The number of aromatic hydroxyl groups is 4. The summed E-state index contributed by atoms with van der Waals surface area (Å²) in [6.07, 6.45) is -3.06. The second-order valence-corrected chi connectivity index (χ2v) is 8.20. The Morgan fingerprint density at radius 3 is 1.62 bits per heavy atom. The predicted octanol–water partition coefficient (Wildman–Crippen LogP) is 0.885. The molecule has 1 aliphatic carbocycles. The Hall–Kier alpha value is -4.55. The zero-order chi connectivity index (χ0) is 27.3. The van der Waals surface area contributed by atoms with Crippen LogP contribution in [0.3, 0.4) is 0 Å². The number of phenolic OH excluding ortho intramolecular Hbond substituents is 4. The molecule has 2 aromatic rings. The third-order valence-electron chi connectivity index (χ3n) is 5.59. The molecule has 3 rings (SSSR count). The van der Waals surface area contributed by atoms with Gasteiger partial charge in [-0.05, 0) is 54.0 Å². The zero-order valence-corrected chi connectivity index (χ0v) is 19.0. The van der Waals surface area contributed by atoms with Crippen molar-refractivity contribution >= 4 is 30.1 Å². The highest BCUT2D eigenvalue weighted by atomic mass is 16.6. The fraction of sp³-hybridized carbons (Fsp3) is 0.240. The van der Waals surface area contributed by atoms with Crippen molar-refractivity contribution in [3.63, 3.8) is 0 Å². The lowest BCUT2D eigenvalue weighted by molar-refractivity contribution is -0.204. The van der Waals surface area contributed by atoms with Crippen LogP contribution in [0.2, 0.25) is 0 Å². The van der Waals surface area contributed by atoms with Gasteiger partial charge >= 0.3 is 17.9 Å². The number of phenols is 4. The van der Waals surface area contributed by atoms with Gasteiger partial charge in [0.25, 0.3) is 0 Å². The normalized spacial score (nSPS) is 23.7. The van der Waals surface area contributed by atoms with Crippen molar-refractivity contribution in [2.24, 2.45) is 5.92 Å². The average Bonchev–Trinajstić information content (AvgIpc) is 2.84. The highest BCUT2D eigenvalue weighted by Crippen LogP contribution is 2.32. The van der Waals surface area contributed by atoms with E-state index in [2.05, 4.69) is 0 Å². The summed E-state index contributed by atoms with van der Waals surface area (Å²) in [5.41, 5.74) is 0.600. The van der Waals surface area contributed by atoms with Crippen LogP contribution in [0.25, 0.3) is 12.2 Å². The first-order valence-electron chi connectivity index (χ1n) is 10.9. The average molecular weight is 516 g/mol. The lowest BCUT2D eigenvalue weighted by atomic mass is 9.80. The highest BCUT2D eigenvalue weighted by Gasteiger charge is 2.50. The molecule has 0 aliphatic heterocycles. The van der Waals surface area contributed by atoms with Crippen molar-refractivity contribution in [1.29, 1.82) is 0 Å². The number of benzene rings is 2. The lowest BCUT2D eigenvalue weighted by Gasteiger charge is -2.40. The number of hydrogen-bond acceptors (Lipinski definition) is 11. The van der Waals surface area contributed by atoms with Crippen LogP contribution in [-0.4, -0.2) is 78.1 Å². The monoisotopic (exact) mass is 516 g/mol. The first kappa shape index (κ1) is 27.0. The molecule has 37 heavy (non-hydrogen) atoms. The van der Waals surface area contributed by atoms with E-state index in [0.29, 0.717) is 11.1 Å². The topological polar surface area (TPSA) is 211 Å². The quantitative estimate of drug-likeness (QED) is 0.155. The predicted molar refractivity (Wildman–Crippen MR) is 125 cm³/mol. The summed E-state index contributed by atoms with van der Waals surface area (Å²) in [5, 5.41) is 67.9. The van der Waals surface area contributed by atoms with Gasteiger partial charge in [0.15, 0.2) is 35.2 Å². The Kier molecular flexibility index (Phi) is 8.37. The number of carboxylic acid groups (broad SMARTS) is 1. The van der Waals surface area contributed by atoms with E-state index < -0.39 is 66.2 Å². The Morgan fingerprint density at radius 2 is 1.19 bits per heavy atom. The zero-order valence-electron chi connectivity index (χ0n) is 19.0. The van der Waals surface area contributed by atoms with E-state index in [0.717, 1.165) is 24.3 Å². The van der Waals surface area contributed by atoms with Gasteiger partial charge < -0.3 is 45.2 Å². The molecule has 0 amide bonds. The first-order valence-corrected chi connectivity index (χ1v) is 10.9. The van der Waals surface area contributed by atoms with Crippen LogP contribution in [0.5, 0.6) is 23.0 Å². The number of rotatable bonds is 7. The third kappa shape index (κ3) is 6.78. The maximum atomic E-state index is 12.4. The SMILES string of the molecule is O=C(/C=C/c1ccc(O)c(O)c1)O[C@H]1[C@@H](O)[C@H](O)CC(C(=O)O)[C@H]1OC(=O)/C=C/c1ccc(O)c(O)c1. The number of esters is 2. The van der Waals surface area contributed by atoms with Crippen molar-refractivity contribution in [3.8, 4) is 23.0 Å². The Balaban J connectivity index is 1.78. The summed E-state index contributed by atoms with van der Waals surface area (Å²) < 4.78 is 10.4. The number of carbonyl (C=O) groups is 3.